The number of hydrogen-bond acceptors (Lipinski definition) is 7. The summed E-state index contributed by atoms with van der Waals surface area (Å²) in [5, 5.41) is 3.84. The van der Waals surface area contributed by atoms with Gasteiger partial charge in [-0.15, -0.1) is 0 Å². The predicted molar refractivity (Wildman–Crippen MR) is 74.7 cm³/mol. The molecule has 1 saturated heterocycles. The molecule has 1 atom stereocenters. The van der Waals surface area contributed by atoms with Crippen LogP contribution in [-0.2, 0) is 14.3 Å². The third kappa shape index (κ3) is 4.78. The molecule has 0 radical (unpaired) electrons. The van der Waals surface area contributed by atoms with Gasteiger partial charge in [0.15, 0.2) is 5.82 Å². The first kappa shape index (κ1) is 15.9. The van der Waals surface area contributed by atoms with Crippen LogP contribution in [0.2, 0.25) is 0 Å². The van der Waals surface area contributed by atoms with Gasteiger partial charge in [-0.05, 0) is 33.2 Å². The van der Waals surface area contributed by atoms with Crippen LogP contribution in [0.1, 0.15) is 43.9 Å². The highest BCUT2D eigenvalue weighted by atomic mass is 16.5. The first-order valence-electron chi connectivity index (χ1n) is 7.48. The van der Waals surface area contributed by atoms with Crippen LogP contribution in [0.15, 0.2) is 4.52 Å². The van der Waals surface area contributed by atoms with Crippen molar-refractivity contribution in [2.45, 2.75) is 39.2 Å². The number of morpholine rings is 1. The third-order valence-corrected chi connectivity index (χ3v) is 3.45. The molecule has 0 spiro atoms. The van der Waals surface area contributed by atoms with Crippen molar-refractivity contribution < 1.29 is 18.8 Å². The number of unbranched alkanes of at least 4 members (excludes halogenated alkanes) is 1. The Kier molecular flexibility index (Phi) is 6.13. The van der Waals surface area contributed by atoms with Gasteiger partial charge in [0.25, 0.3) is 0 Å². The molecule has 0 amide bonds. The zero-order valence-electron chi connectivity index (χ0n) is 12.7. The van der Waals surface area contributed by atoms with Crippen molar-refractivity contribution in [1.82, 2.24) is 15.0 Å². The summed E-state index contributed by atoms with van der Waals surface area (Å²) in [7, 11) is 0. The Hall–Kier alpha value is -1.47. The minimum Gasteiger partial charge on any atom is -0.466 e. The standard InChI is InChI=1S/C14H23N3O4/c1-3-20-13(18)6-4-5-7-17-8-9-19-10-12(17)14-15-11(2)16-21-14/h12H,3-10H2,1-2H3. The van der Waals surface area contributed by atoms with Crippen LogP contribution in [0.5, 0.6) is 0 Å². The summed E-state index contributed by atoms with van der Waals surface area (Å²) < 4.78 is 15.7. The van der Waals surface area contributed by atoms with Gasteiger partial charge in [0.05, 0.1) is 19.8 Å². The monoisotopic (exact) mass is 297 g/mol. The molecule has 0 saturated carbocycles. The summed E-state index contributed by atoms with van der Waals surface area (Å²) in [6.07, 6.45) is 2.23. The highest BCUT2D eigenvalue weighted by Crippen LogP contribution is 2.23. The van der Waals surface area contributed by atoms with Crippen LogP contribution in [0, 0.1) is 6.92 Å². The van der Waals surface area contributed by atoms with Crippen molar-refractivity contribution >= 4 is 5.97 Å². The second-order valence-electron chi connectivity index (χ2n) is 5.07. The van der Waals surface area contributed by atoms with Gasteiger partial charge in [-0.3, -0.25) is 9.69 Å². The van der Waals surface area contributed by atoms with Gasteiger partial charge < -0.3 is 14.0 Å². The van der Waals surface area contributed by atoms with Crippen molar-refractivity contribution in [3.05, 3.63) is 11.7 Å². The van der Waals surface area contributed by atoms with Gasteiger partial charge in [-0.2, -0.15) is 4.98 Å². The molecule has 1 aliphatic rings. The molecule has 1 fully saturated rings. The minimum atomic E-state index is -0.122. The highest BCUT2D eigenvalue weighted by molar-refractivity contribution is 5.69. The van der Waals surface area contributed by atoms with Crippen molar-refractivity contribution in [2.24, 2.45) is 0 Å². The summed E-state index contributed by atoms with van der Waals surface area (Å²) in [6.45, 7) is 7.07. The zero-order valence-corrected chi connectivity index (χ0v) is 12.7. The quantitative estimate of drug-likeness (QED) is 0.557. The van der Waals surface area contributed by atoms with E-state index in [9.17, 15) is 4.79 Å². The fourth-order valence-electron chi connectivity index (χ4n) is 2.40. The fraction of sp³-hybridized carbons (Fsp3) is 0.786. The molecule has 0 N–H and O–H groups in total. The Morgan fingerprint density at radius 3 is 3.05 bits per heavy atom. The number of nitrogens with zero attached hydrogens (tertiary/aromatic N) is 3. The van der Waals surface area contributed by atoms with E-state index in [1.54, 1.807) is 6.92 Å². The maximum atomic E-state index is 11.3. The van der Waals surface area contributed by atoms with Crippen LogP contribution in [0.3, 0.4) is 0 Å². The van der Waals surface area contributed by atoms with E-state index in [0.717, 1.165) is 25.9 Å². The number of aryl methyl sites for hydroxylation is 1. The molecule has 1 unspecified atom stereocenters. The van der Waals surface area contributed by atoms with Gasteiger partial charge in [0, 0.05) is 13.0 Å². The molecular formula is C14H23N3O4. The number of aromatic nitrogens is 2. The summed E-state index contributed by atoms with van der Waals surface area (Å²) in [4.78, 5) is 17.9. The lowest BCUT2D eigenvalue weighted by Gasteiger charge is -2.33. The van der Waals surface area contributed by atoms with Gasteiger partial charge >= 0.3 is 5.97 Å². The zero-order chi connectivity index (χ0) is 15.1. The Balaban J connectivity index is 1.78. The summed E-state index contributed by atoms with van der Waals surface area (Å²) in [5.41, 5.74) is 0. The Morgan fingerprint density at radius 1 is 1.48 bits per heavy atom. The fourth-order valence-corrected chi connectivity index (χ4v) is 2.40. The van der Waals surface area contributed by atoms with E-state index in [4.69, 9.17) is 14.0 Å². The first-order valence-corrected chi connectivity index (χ1v) is 7.48. The largest absolute Gasteiger partial charge is 0.466 e. The lowest BCUT2D eigenvalue weighted by molar-refractivity contribution is -0.143. The third-order valence-electron chi connectivity index (χ3n) is 3.45. The average Bonchev–Trinajstić information content (AvgIpc) is 2.91. The first-order chi connectivity index (χ1) is 10.2. The van der Waals surface area contributed by atoms with E-state index in [2.05, 4.69) is 15.0 Å². The normalized spacial score (nSPS) is 19.6. The molecule has 1 aliphatic heterocycles. The molecule has 1 aromatic heterocycles. The van der Waals surface area contributed by atoms with Gasteiger partial charge in [0.2, 0.25) is 5.89 Å². The number of carbonyl (C=O) groups excluding carboxylic acids is 1. The lowest BCUT2D eigenvalue weighted by Crippen LogP contribution is -2.40. The molecular weight excluding hydrogens is 274 g/mol. The number of rotatable bonds is 7. The van der Waals surface area contributed by atoms with E-state index in [1.807, 2.05) is 6.92 Å². The SMILES string of the molecule is CCOC(=O)CCCCN1CCOCC1c1nc(C)no1. The molecule has 0 aromatic carbocycles. The number of carbonyl (C=O) groups is 1. The topological polar surface area (TPSA) is 77.7 Å². The van der Waals surface area contributed by atoms with E-state index in [1.165, 1.54) is 0 Å². The van der Waals surface area contributed by atoms with Gasteiger partial charge in [-0.25, -0.2) is 0 Å². The van der Waals surface area contributed by atoms with Crippen LogP contribution in [0.4, 0.5) is 0 Å². The molecule has 0 bridgehead atoms. The van der Waals surface area contributed by atoms with E-state index < -0.39 is 0 Å². The molecule has 0 aliphatic carbocycles. The van der Waals surface area contributed by atoms with Gasteiger partial charge in [-0.1, -0.05) is 5.16 Å². The molecule has 2 heterocycles. The Morgan fingerprint density at radius 2 is 2.33 bits per heavy atom. The molecule has 118 valence electrons. The predicted octanol–water partition coefficient (Wildman–Crippen LogP) is 1.48. The van der Waals surface area contributed by atoms with E-state index >= 15 is 0 Å². The van der Waals surface area contributed by atoms with Crippen LogP contribution < -0.4 is 0 Å². The maximum Gasteiger partial charge on any atom is 0.305 e. The lowest BCUT2D eigenvalue weighted by atomic mass is 10.1. The molecule has 1 aromatic rings. The molecule has 21 heavy (non-hydrogen) atoms. The average molecular weight is 297 g/mol. The second kappa shape index (κ2) is 8.09. The highest BCUT2D eigenvalue weighted by Gasteiger charge is 2.28. The summed E-state index contributed by atoms with van der Waals surface area (Å²) >= 11 is 0. The van der Waals surface area contributed by atoms with Crippen molar-refractivity contribution in [2.75, 3.05) is 32.9 Å². The summed E-state index contributed by atoms with van der Waals surface area (Å²) in [6, 6.07) is 0.0162. The Labute approximate surface area is 124 Å². The number of esters is 1. The number of ether oxygens (including phenoxy) is 2. The van der Waals surface area contributed by atoms with Crippen molar-refractivity contribution in [3.8, 4) is 0 Å². The van der Waals surface area contributed by atoms with E-state index in [-0.39, 0.29) is 12.0 Å². The van der Waals surface area contributed by atoms with Crippen LogP contribution in [-0.4, -0.2) is 53.9 Å². The van der Waals surface area contributed by atoms with Crippen LogP contribution in [0.25, 0.3) is 0 Å². The number of hydrogen-bond donors (Lipinski definition) is 0. The van der Waals surface area contributed by atoms with Gasteiger partial charge in [0.1, 0.15) is 6.04 Å². The smallest absolute Gasteiger partial charge is 0.305 e. The second-order valence-corrected chi connectivity index (χ2v) is 5.07. The molecule has 2 rings (SSSR count). The van der Waals surface area contributed by atoms with E-state index in [0.29, 0.717) is 38.0 Å². The molecule has 7 heteroatoms. The Bertz CT molecular complexity index is 449. The molecule has 7 nitrogen and oxygen atoms in total. The minimum absolute atomic E-state index is 0.0162. The summed E-state index contributed by atoms with van der Waals surface area (Å²) in [5.74, 6) is 1.12. The maximum absolute atomic E-state index is 11.3. The van der Waals surface area contributed by atoms with Crippen LogP contribution >= 0.6 is 0 Å². The van der Waals surface area contributed by atoms with Crippen molar-refractivity contribution in [3.63, 3.8) is 0 Å². The van der Waals surface area contributed by atoms with Crippen molar-refractivity contribution in [1.29, 1.82) is 0 Å².